The van der Waals surface area contributed by atoms with E-state index in [1.807, 2.05) is 0 Å². The fourth-order valence-corrected chi connectivity index (χ4v) is 1.98. The standard InChI is InChI=1S/C12H22N2O.2ClH/c1-3-4-7-12(15)14-10(2)11-6-5-8-13-9-11;;/h3,10-11,13H,1,4-9H2,2H3,(H,14,15);2*1H. The fraction of sp³-hybridized carbons (Fsp3) is 0.750. The molecule has 3 nitrogen and oxygen atoms in total. The average molecular weight is 283 g/mol. The van der Waals surface area contributed by atoms with Crippen LogP contribution in [0, 0.1) is 5.92 Å². The van der Waals surface area contributed by atoms with Crippen molar-refractivity contribution in [1.29, 1.82) is 0 Å². The first kappa shape index (κ1) is 19.1. The summed E-state index contributed by atoms with van der Waals surface area (Å²) in [7, 11) is 0. The third kappa shape index (κ3) is 7.63. The zero-order valence-corrected chi connectivity index (χ0v) is 12.0. The number of piperidine rings is 1. The Hall–Kier alpha value is -0.250. The quantitative estimate of drug-likeness (QED) is 0.760. The van der Waals surface area contributed by atoms with Gasteiger partial charge in [0.1, 0.15) is 0 Å². The lowest BCUT2D eigenvalue weighted by atomic mass is 9.93. The van der Waals surface area contributed by atoms with Crippen molar-refractivity contribution in [3.63, 3.8) is 0 Å². The van der Waals surface area contributed by atoms with Crippen LogP contribution in [0.1, 0.15) is 32.6 Å². The summed E-state index contributed by atoms with van der Waals surface area (Å²) in [6, 6.07) is 0.287. The lowest BCUT2D eigenvalue weighted by Gasteiger charge is -2.28. The number of rotatable bonds is 5. The molecule has 0 saturated carbocycles. The van der Waals surface area contributed by atoms with Gasteiger partial charge >= 0.3 is 0 Å². The van der Waals surface area contributed by atoms with Crippen molar-refractivity contribution in [2.45, 2.75) is 38.6 Å². The number of hydrogen-bond acceptors (Lipinski definition) is 2. The van der Waals surface area contributed by atoms with Crippen LogP contribution in [0.2, 0.25) is 0 Å². The first-order valence-electron chi connectivity index (χ1n) is 5.85. The van der Waals surface area contributed by atoms with Crippen LogP contribution in [-0.2, 0) is 4.79 Å². The van der Waals surface area contributed by atoms with E-state index in [1.165, 1.54) is 12.8 Å². The van der Waals surface area contributed by atoms with Gasteiger partial charge in [0.25, 0.3) is 0 Å². The molecule has 17 heavy (non-hydrogen) atoms. The molecule has 1 saturated heterocycles. The Kier molecular flexibility index (Phi) is 12.2. The van der Waals surface area contributed by atoms with Crippen molar-refractivity contribution in [3.8, 4) is 0 Å². The summed E-state index contributed by atoms with van der Waals surface area (Å²) in [6.07, 6.45) is 5.55. The zero-order valence-electron chi connectivity index (χ0n) is 10.4. The predicted octanol–water partition coefficient (Wildman–Crippen LogP) is 2.30. The van der Waals surface area contributed by atoms with E-state index in [-0.39, 0.29) is 36.8 Å². The van der Waals surface area contributed by atoms with Crippen LogP contribution in [0.25, 0.3) is 0 Å². The number of halogens is 2. The van der Waals surface area contributed by atoms with Gasteiger partial charge in [-0.3, -0.25) is 4.79 Å². The maximum atomic E-state index is 11.5. The molecule has 5 heteroatoms. The Balaban J connectivity index is 0. The Bertz CT molecular complexity index is 219. The predicted molar refractivity (Wildman–Crippen MR) is 77.1 cm³/mol. The molecular weight excluding hydrogens is 259 g/mol. The molecule has 1 heterocycles. The minimum absolute atomic E-state index is 0. The zero-order chi connectivity index (χ0) is 11.1. The second kappa shape index (κ2) is 10.9. The number of allylic oxidation sites excluding steroid dienone is 1. The molecule has 0 aromatic rings. The number of nitrogens with one attached hydrogen (secondary N) is 2. The fourth-order valence-electron chi connectivity index (χ4n) is 1.98. The molecule has 0 aromatic heterocycles. The SMILES string of the molecule is C=CCCC(=O)NC(C)C1CCCNC1.Cl.Cl. The van der Waals surface area contributed by atoms with Gasteiger partial charge in [-0.15, -0.1) is 31.4 Å². The van der Waals surface area contributed by atoms with E-state index < -0.39 is 0 Å². The number of hydrogen-bond donors (Lipinski definition) is 2. The Morgan fingerprint density at radius 2 is 2.29 bits per heavy atom. The number of carbonyl (C=O) groups excluding carboxylic acids is 1. The molecule has 1 aliphatic rings. The number of amides is 1. The van der Waals surface area contributed by atoms with Crippen molar-refractivity contribution in [3.05, 3.63) is 12.7 Å². The molecule has 1 rings (SSSR count). The molecule has 0 spiro atoms. The van der Waals surface area contributed by atoms with Gasteiger partial charge in [-0.25, -0.2) is 0 Å². The Morgan fingerprint density at radius 1 is 1.59 bits per heavy atom. The first-order valence-corrected chi connectivity index (χ1v) is 5.85. The highest BCUT2D eigenvalue weighted by molar-refractivity contribution is 5.85. The lowest BCUT2D eigenvalue weighted by Crippen LogP contribution is -2.44. The molecule has 0 aliphatic carbocycles. The van der Waals surface area contributed by atoms with E-state index >= 15 is 0 Å². The van der Waals surface area contributed by atoms with E-state index in [2.05, 4.69) is 24.1 Å². The summed E-state index contributed by atoms with van der Waals surface area (Å²) >= 11 is 0. The van der Waals surface area contributed by atoms with Crippen LogP contribution in [0.4, 0.5) is 0 Å². The maximum absolute atomic E-state index is 11.5. The van der Waals surface area contributed by atoms with Gasteiger partial charge < -0.3 is 10.6 Å². The van der Waals surface area contributed by atoms with Crippen molar-refractivity contribution in [1.82, 2.24) is 10.6 Å². The van der Waals surface area contributed by atoms with Crippen molar-refractivity contribution < 1.29 is 4.79 Å². The van der Waals surface area contributed by atoms with Gasteiger partial charge in [0.15, 0.2) is 0 Å². The second-order valence-electron chi connectivity index (χ2n) is 4.29. The molecule has 102 valence electrons. The molecular formula is C12H24Cl2N2O. The summed E-state index contributed by atoms with van der Waals surface area (Å²) in [5.74, 6) is 0.736. The summed E-state index contributed by atoms with van der Waals surface area (Å²) in [5.41, 5.74) is 0. The molecule has 2 unspecified atom stereocenters. The molecule has 0 aromatic carbocycles. The van der Waals surface area contributed by atoms with E-state index in [0.29, 0.717) is 12.3 Å². The summed E-state index contributed by atoms with van der Waals surface area (Å²) < 4.78 is 0. The van der Waals surface area contributed by atoms with Crippen molar-refractivity contribution >= 4 is 30.7 Å². The largest absolute Gasteiger partial charge is 0.353 e. The van der Waals surface area contributed by atoms with Crippen molar-refractivity contribution in [2.24, 2.45) is 5.92 Å². The lowest BCUT2D eigenvalue weighted by molar-refractivity contribution is -0.122. The van der Waals surface area contributed by atoms with Gasteiger partial charge in [-0.1, -0.05) is 6.08 Å². The van der Waals surface area contributed by atoms with Crippen LogP contribution in [0.3, 0.4) is 0 Å². The minimum atomic E-state index is 0. The first-order chi connectivity index (χ1) is 7.24. The molecule has 2 atom stereocenters. The van der Waals surface area contributed by atoms with Crippen LogP contribution in [-0.4, -0.2) is 25.0 Å². The van der Waals surface area contributed by atoms with Gasteiger partial charge in [-0.05, 0) is 45.2 Å². The monoisotopic (exact) mass is 282 g/mol. The van der Waals surface area contributed by atoms with E-state index in [1.54, 1.807) is 6.08 Å². The second-order valence-corrected chi connectivity index (χ2v) is 4.29. The highest BCUT2D eigenvalue weighted by atomic mass is 35.5. The molecule has 0 radical (unpaired) electrons. The van der Waals surface area contributed by atoms with E-state index in [4.69, 9.17) is 0 Å². The smallest absolute Gasteiger partial charge is 0.220 e. The normalized spacial score (nSPS) is 20.4. The molecule has 1 fully saturated rings. The van der Waals surface area contributed by atoms with E-state index in [0.717, 1.165) is 19.5 Å². The van der Waals surface area contributed by atoms with Gasteiger partial charge in [0.2, 0.25) is 5.91 Å². The average Bonchev–Trinajstić information content (AvgIpc) is 2.27. The molecule has 1 amide bonds. The van der Waals surface area contributed by atoms with Gasteiger partial charge in [0, 0.05) is 12.5 Å². The summed E-state index contributed by atoms with van der Waals surface area (Å²) in [5, 5.41) is 6.42. The summed E-state index contributed by atoms with van der Waals surface area (Å²) in [6.45, 7) is 7.86. The summed E-state index contributed by atoms with van der Waals surface area (Å²) in [4.78, 5) is 11.5. The third-order valence-electron chi connectivity index (χ3n) is 3.01. The van der Waals surface area contributed by atoms with Gasteiger partial charge in [-0.2, -0.15) is 0 Å². The minimum Gasteiger partial charge on any atom is -0.353 e. The van der Waals surface area contributed by atoms with Crippen LogP contribution in [0.5, 0.6) is 0 Å². The highest BCUT2D eigenvalue weighted by Gasteiger charge is 2.20. The van der Waals surface area contributed by atoms with Crippen LogP contribution in [0.15, 0.2) is 12.7 Å². The van der Waals surface area contributed by atoms with Crippen LogP contribution >= 0.6 is 24.8 Å². The van der Waals surface area contributed by atoms with Crippen LogP contribution < -0.4 is 10.6 Å². The molecule has 0 bridgehead atoms. The third-order valence-corrected chi connectivity index (χ3v) is 3.01. The van der Waals surface area contributed by atoms with E-state index in [9.17, 15) is 4.79 Å². The highest BCUT2D eigenvalue weighted by Crippen LogP contribution is 2.14. The molecule has 2 N–H and O–H groups in total. The van der Waals surface area contributed by atoms with Gasteiger partial charge in [0.05, 0.1) is 0 Å². The maximum Gasteiger partial charge on any atom is 0.220 e. The Morgan fingerprint density at radius 3 is 2.82 bits per heavy atom. The molecule has 1 aliphatic heterocycles. The topological polar surface area (TPSA) is 41.1 Å². The number of carbonyl (C=O) groups is 1. The van der Waals surface area contributed by atoms with Crippen molar-refractivity contribution in [2.75, 3.05) is 13.1 Å². The Labute approximate surface area is 117 Å².